The number of carbonyl (C=O) groups excluding carboxylic acids is 1. The van der Waals surface area contributed by atoms with Gasteiger partial charge in [-0.05, 0) is 37.8 Å². The zero-order chi connectivity index (χ0) is 23.2. The van der Waals surface area contributed by atoms with E-state index < -0.39 is 17.6 Å². The second-order valence-corrected chi connectivity index (χ2v) is 9.07. The van der Waals surface area contributed by atoms with Gasteiger partial charge in [-0.15, -0.1) is 0 Å². The summed E-state index contributed by atoms with van der Waals surface area (Å²) in [7, 11) is 0. The summed E-state index contributed by atoms with van der Waals surface area (Å²) in [5, 5.41) is 4.73. The first-order chi connectivity index (χ1) is 15.8. The molecule has 2 aliphatic rings. The van der Waals surface area contributed by atoms with Crippen LogP contribution in [0.5, 0.6) is 0 Å². The molecule has 2 aromatic heterocycles. The Morgan fingerprint density at radius 1 is 1.00 bits per heavy atom. The van der Waals surface area contributed by atoms with E-state index in [9.17, 15) is 18.0 Å². The maximum Gasteiger partial charge on any atom is 0.252 e. The molecule has 0 atom stereocenters. The van der Waals surface area contributed by atoms with Crippen molar-refractivity contribution in [3.05, 3.63) is 65.5 Å². The van der Waals surface area contributed by atoms with Gasteiger partial charge in [0.15, 0.2) is 0 Å². The first-order valence-corrected chi connectivity index (χ1v) is 11.4. The van der Waals surface area contributed by atoms with Crippen LogP contribution in [-0.2, 0) is 0 Å². The van der Waals surface area contributed by atoms with E-state index in [1.165, 1.54) is 6.07 Å². The molecule has 0 unspecified atom stereocenters. The molecule has 0 saturated heterocycles. The minimum Gasteiger partial charge on any atom is -0.365 e. The molecule has 1 aromatic carbocycles. The van der Waals surface area contributed by atoms with Gasteiger partial charge in [-0.25, -0.2) is 17.9 Å². The van der Waals surface area contributed by atoms with Crippen LogP contribution < -0.4 is 5.73 Å². The average molecular weight is 454 g/mol. The average Bonchev–Trinajstić information content (AvgIpc) is 3.17. The van der Waals surface area contributed by atoms with E-state index in [4.69, 9.17) is 10.8 Å². The van der Waals surface area contributed by atoms with Crippen LogP contribution in [0.3, 0.4) is 0 Å². The van der Waals surface area contributed by atoms with E-state index >= 15 is 0 Å². The minimum absolute atomic E-state index is 0.152. The zero-order valence-electron chi connectivity index (χ0n) is 18.1. The Hall–Kier alpha value is -3.16. The van der Waals surface area contributed by atoms with Crippen molar-refractivity contribution in [3.8, 4) is 16.8 Å². The molecule has 2 N–H and O–H groups in total. The zero-order valence-corrected chi connectivity index (χ0v) is 18.1. The fraction of sp³-hybridized carbons (Fsp3) is 0.400. The van der Waals surface area contributed by atoms with E-state index in [-0.39, 0.29) is 37.5 Å². The van der Waals surface area contributed by atoms with Gasteiger partial charge in [0, 0.05) is 48.2 Å². The normalized spacial score (nSPS) is 18.8. The quantitative estimate of drug-likeness (QED) is 0.535. The topological polar surface area (TPSA) is 73.8 Å². The molecule has 0 spiro atoms. The van der Waals surface area contributed by atoms with Crippen LogP contribution in [0.1, 0.15) is 78.5 Å². The molecule has 5 nitrogen and oxygen atoms in total. The van der Waals surface area contributed by atoms with Crippen LogP contribution in [0.2, 0.25) is 0 Å². The maximum absolute atomic E-state index is 14.8. The third kappa shape index (κ3) is 4.03. The molecule has 2 saturated carbocycles. The highest BCUT2D eigenvalue weighted by molar-refractivity contribution is 5.94. The Morgan fingerprint density at radius 3 is 2.33 bits per heavy atom. The molecule has 0 radical (unpaired) electrons. The molecular weight excluding hydrogens is 429 g/mol. The number of nitrogens with zero attached hydrogens (tertiary/aromatic N) is 3. The Kier molecular flexibility index (Phi) is 5.46. The predicted octanol–water partition coefficient (Wildman–Crippen LogP) is 5.73. The van der Waals surface area contributed by atoms with E-state index in [1.54, 1.807) is 41.3 Å². The van der Waals surface area contributed by atoms with Crippen LogP contribution in [-0.4, -0.2) is 26.6 Å². The van der Waals surface area contributed by atoms with Crippen molar-refractivity contribution in [1.82, 2.24) is 14.8 Å². The highest BCUT2D eigenvalue weighted by Crippen LogP contribution is 2.44. The molecular formula is C25H25F3N4O. The van der Waals surface area contributed by atoms with E-state index in [0.717, 1.165) is 19.3 Å². The number of benzene rings is 1. The number of primary amides is 1. The molecule has 0 aliphatic heterocycles. The van der Waals surface area contributed by atoms with Crippen LogP contribution in [0, 0.1) is 5.82 Å². The number of hydrogen-bond acceptors (Lipinski definition) is 3. The second-order valence-electron chi connectivity index (χ2n) is 9.07. The monoisotopic (exact) mass is 454 g/mol. The van der Waals surface area contributed by atoms with Crippen molar-refractivity contribution >= 4 is 5.91 Å². The lowest BCUT2D eigenvalue weighted by Gasteiger charge is -2.29. The van der Waals surface area contributed by atoms with Crippen molar-refractivity contribution in [3.63, 3.8) is 0 Å². The van der Waals surface area contributed by atoms with Crippen LogP contribution in [0.15, 0.2) is 42.7 Å². The molecule has 2 fully saturated rings. The number of carbonyl (C=O) groups is 1. The molecule has 3 aromatic rings. The number of rotatable bonds is 5. The molecule has 2 aliphatic carbocycles. The predicted molar refractivity (Wildman–Crippen MR) is 118 cm³/mol. The lowest BCUT2D eigenvalue weighted by atomic mass is 9.81. The van der Waals surface area contributed by atoms with Crippen molar-refractivity contribution in [2.24, 2.45) is 5.73 Å². The van der Waals surface area contributed by atoms with Gasteiger partial charge in [-0.2, -0.15) is 5.10 Å². The number of pyridine rings is 1. The Morgan fingerprint density at radius 2 is 1.70 bits per heavy atom. The second kappa shape index (κ2) is 8.32. The highest BCUT2D eigenvalue weighted by Gasteiger charge is 2.37. The Bertz CT molecular complexity index is 1190. The Balaban J connectivity index is 1.69. The number of aromatic nitrogens is 3. The third-order valence-electron chi connectivity index (χ3n) is 6.95. The van der Waals surface area contributed by atoms with Crippen molar-refractivity contribution in [1.29, 1.82) is 0 Å². The summed E-state index contributed by atoms with van der Waals surface area (Å²) in [6.45, 7) is 0. The minimum atomic E-state index is -2.68. The van der Waals surface area contributed by atoms with Gasteiger partial charge in [0.05, 0.1) is 22.6 Å². The highest BCUT2D eigenvalue weighted by atomic mass is 19.3. The number of amides is 1. The summed E-state index contributed by atoms with van der Waals surface area (Å²) in [5.74, 6) is -3.73. The van der Waals surface area contributed by atoms with Gasteiger partial charge in [0.2, 0.25) is 5.92 Å². The summed E-state index contributed by atoms with van der Waals surface area (Å²) in [6.07, 6.45) is 6.18. The van der Waals surface area contributed by atoms with Gasteiger partial charge >= 0.3 is 0 Å². The number of hydrogen-bond donors (Lipinski definition) is 1. The standard InChI is InChI=1S/C25H25F3N4O/c26-20-7-2-1-6-17(20)18-10-13-30-22(16-8-11-25(27,28)12-9-16)23(18)32-14-19(24(29)33)21(31-32)15-4-3-5-15/h1-2,6-7,10,13-16H,3-5,8-9,11-12H2,(H2,29,33). The lowest BCUT2D eigenvalue weighted by Crippen LogP contribution is -2.25. The fourth-order valence-corrected chi connectivity index (χ4v) is 4.90. The third-order valence-corrected chi connectivity index (χ3v) is 6.95. The smallest absolute Gasteiger partial charge is 0.252 e. The molecule has 0 bridgehead atoms. The largest absolute Gasteiger partial charge is 0.365 e. The Labute approximate surface area is 189 Å². The van der Waals surface area contributed by atoms with Crippen LogP contribution in [0.25, 0.3) is 16.8 Å². The SMILES string of the molecule is NC(=O)c1cn(-c2c(-c3ccccc3F)ccnc2C2CCC(F)(F)CC2)nc1C1CCC1. The molecule has 33 heavy (non-hydrogen) atoms. The van der Waals surface area contributed by atoms with Crippen LogP contribution in [0.4, 0.5) is 13.2 Å². The van der Waals surface area contributed by atoms with Crippen LogP contribution >= 0.6 is 0 Å². The van der Waals surface area contributed by atoms with Crippen molar-refractivity contribution < 1.29 is 18.0 Å². The molecule has 5 rings (SSSR count). The van der Waals surface area contributed by atoms with Gasteiger partial charge in [-0.3, -0.25) is 9.78 Å². The van der Waals surface area contributed by atoms with E-state index in [1.807, 2.05) is 0 Å². The summed E-state index contributed by atoms with van der Waals surface area (Å²) in [6, 6.07) is 8.08. The lowest BCUT2D eigenvalue weighted by molar-refractivity contribution is -0.0384. The maximum atomic E-state index is 14.8. The summed E-state index contributed by atoms with van der Waals surface area (Å²) >= 11 is 0. The first kappa shape index (κ1) is 21.7. The molecule has 1 amide bonds. The summed E-state index contributed by atoms with van der Waals surface area (Å²) < 4.78 is 44.1. The number of halogens is 3. The van der Waals surface area contributed by atoms with Gasteiger partial charge < -0.3 is 5.73 Å². The van der Waals surface area contributed by atoms with E-state index in [0.29, 0.717) is 33.8 Å². The fourth-order valence-electron chi connectivity index (χ4n) is 4.90. The molecule has 8 heteroatoms. The van der Waals surface area contributed by atoms with Crippen molar-refractivity contribution in [2.75, 3.05) is 0 Å². The van der Waals surface area contributed by atoms with Crippen molar-refractivity contribution in [2.45, 2.75) is 62.7 Å². The number of alkyl halides is 2. The van der Waals surface area contributed by atoms with E-state index in [2.05, 4.69) is 4.98 Å². The number of nitrogens with two attached hydrogens (primary N) is 1. The molecule has 2 heterocycles. The van der Waals surface area contributed by atoms with Gasteiger partial charge in [0.25, 0.3) is 5.91 Å². The summed E-state index contributed by atoms with van der Waals surface area (Å²) in [5.41, 5.74) is 8.65. The van der Waals surface area contributed by atoms with Gasteiger partial charge in [-0.1, -0.05) is 24.6 Å². The first-order valence-electron chi connectivity index (χ1n) is 11.4. The molecule has 172 valence electrons. The van der Waals surface area contributed by atoms with Gasteiger partial charge in [0.1, 0.15) is 5.82 Å². The summed E-state index contributed by atoms with van der Waals surface area (Å²) in [4.78, 5) is 16.7.